The lowest BCUT2D eigenvalue weighted by Gasteiger charge is -2.19. The van der Waals surface area contributed by atoms with E-state index in [9.17, 15) is 9.90 Å². The molecule has 0 unspecified atom stereocenters. The van der Waals surface area contributed by atoms with Crippen molar-refractivity contribution in [1.82, 2.24) is 15.2 Å². The van der Waals surface area contributed by atoms with Gasteiger partial charge in [-0.2, -0.15) is 0 Å². The van der Waals surface area contributed by atoms with E-state index in [4.69, 9.17) is 4.74 Å². The number of ether oxygens (including phenoxy) is 1. The lowest BCUT2D eigenvalue weighted by Crippen LogP contribution is -2.40. The number of pyridine rings is 1. The van der Waals surface area contributed by atoms with Crippen molar-refractivity contribution in [3.8, 4) is 5.75 Å². The molecule has 1 atom stereocenters. The molecule has 0 spiro atoms. The number of aliphatic hydroxyl groups excluding tert-OH is 1. The molecule has 0 bridgehead atoms. The first-order chi connectivity index (χ1) is 13.7. The number of para-hydroxylation sites is 1. The van der Waals surface area contributed by atoms with E-state index in [1.165, 1.54) is 11.1 Å². The minimum absolute atomic E-state index is 0.114. The fraction of sp³-hybridized carbons (Fsp3) is 0.273. The first kappa shape index (κ1) is 18.4. The molecule has 144 valence electrons. The van der Waals surface area contributed by atoms with Crippen LogP contribution < -0.4 is 10.1 Å². The van der Waals surface area contributed by atoms with E-state index in [2.05, 4.69) is 27.3 Å². The van der Waals surface area contributed by atoms with Crippen molar-refractivity contribution < 1.29 is 14.6 Å². The summed E-state index contributed by atoms with van der Waals surface area (Å²) in [5.74, 6) is 0.306. The normalized spacial score (nSPS) is 14.6. The van der Waals surface area contributed by atoms with Crippen LogP contribution in [0.5, 0.6) is 5.75 Å². The lowest BCUT2D eigenvalue weighted by molar-refractivity contribution is -0.123. The van der Waals surface area contributed by atoms with Crippen molar-refractivity contribution in [3.63, 3.8) is 0 Å². The standard InChI is InChI=1S/C22H23N3O3/c26-19(14-25-12-17-5-1-2-6-18(17)13-25)11-24-21(27)15-28-20-9-3-7-16-8-4-10-23-22(16)20/h1-10,19,26H,11-15H2,(H,24,27)/t19-/m1/s1. The number of hydrogen-bond acceptors (Lipinski definition) is 5. The summed E-state index contributed by atoms with van der Waals surface area (Å²) < 4.78 is 5.62. The van der Waals surface area contributed by atoms with Crippen molar-refractivity contribution in [3.05, 3.63) is 71.9 Å². The average molecular weight is 377 g/mol. The van der Waals surface area contributed by atoms with Gasteiger partial charge in [-0.25, -0.2) is 0 Å². The van der Waals surface area contributed by atoms with Crippen LogP contribution in [0, 0.1) is 0 Å². The Morgan fingerprint density at radius 1 is 1.11 bits per heavy atom. The van der Waals surface area contributed by atoms with E-state index in [1.54, 1.807) is 12.3 Å². The maximum absolute atomic E-state index is 12.1. The zero-order valence-electron chi connectivity index (χ0n) is 15.5. The van der Waals surface area contributed by atoms with Gasteiger partial charge in [0.2, 0.25) is 0 Å². The summed E-state index contributed by atoms with van der Waals surface area (Å²) in [6.45, 7) is 2.26. The molecule has 0 fully saturated rings. The molecule has 6 heteroatoms. The molecule has 4 rings (SSSR count). The molecule has 28 heavy (non-hydrogen) atoms. The zero-order valence-corrected chi connectivity index (χ0v) is 15.5. The fourth-order valence-electron chi connectivity index (χ4n) is 3.51. The van der Waals surface area contributed by atoms with Crippen LogP contribution in [0.15, 0.2) is 60.8 Å². The molecule has 1 amide bonds. The Bertz CT molecular complexity index is 946. The van der Waals surface area contributed by atoms with Gasteiger partial charge in [0.15, 0.2) is 6.61 Å². The number of aliphatic hydroxyl groups is 1. The second-order valence-electron chi connectivity index (χ2n) is 7.02. The molecule has 1 aromatic heterocycles. The first-order valence-corrected chi connectivity index (χ1v) is 9.39. The van der Waals surface area contributed by atoms with Crippen LogP contribution in [-0.2, 0) is 17.9 Å². The average Bonchev–Trinajstić information content (AvgIpc) is 3.13. The summed E-state index contributed by atoms with van der Waals surface area (Å²) in [7, 11) is 0. The van der Waals surface area contributed by atoms with Gasteiger partial charge in [-0.15, -0.1) is 0 Å². The molecular weight excluding hydrogens is 354 g/mol. The first-order valence-electron chi connectivity index (χ1n) is 9.39. The molecule has 3 aromatic rings. The molecule has 1 aliphatic rings. The highest BCUT2D eigenvalue weighted by Gasteiger charge is 2.20. The second-order valence-corrected chi connectivity index (χ2v) is 7.02. The smallest absolute Gasteiger partial charge is 0.258 e. The number of hydrogen-bond donors (Lipinski definition) is 2. The number of β-amino-alcohol motifs (C(OH)–C–C–N with tert-alkyl or cyclic N) is 1. The molecule has 0 radical (unpaired) electrons. The molecule has 2 heterocycles. The van der Waals surface area contributed by atoms with E-state index >= 15 is 0 Å². The summed E-state index contributed by atoms with van der Waals surface area (Å²) in [5, 5.41) is 14.0. The number of rotatable bonds is 7. The van der Waals surface area contributed by atoms with Crippen molar-refractivity contribution in [2.75, 3.05) is 19.7 Å². The molecule has 2 aromatic carbocycles. The zero-order chi connectivity index (χ0) is 19.3. The van der Waals surface area contributed by atoms with E-state index in [1.807, 2.05) is 36.4 Å². The number of nitrogens with one attached hydrogen (secondary N) is 1. The van der Waals surface area contributed by atoms with Crippen molar-refractivity contribution in [2.45, 2.75) is 19.2 Å². The van der Waals surface area contributed by atoms with Gasteiger partial charge in [-0.1, -0.05) is 42.5 Å². The van der Waals surface area contributed by atoms with Crippen LogP contribution in [0.4, 0.5) is 0 Å². The van der Waals surface area contributed by atoms with Gasteiger partial charge in [-0.3, -0.25) is 14.7 Å². The number of carbonyl (C=O) groups excluding carboxylic acids is 1. The highest BCUT2D eigenvalue weighted by molar-refractivity contribution is 5.85. The third-order valence-electron chi connectivity index (χ3n) is 4.86. The largest absolute Gasteiger partial charge is 0.481 e. The highest BCUT2D eigenvalue weighted by atomic mass is 16.5. The van der Waals surface area contributed by atoms with Gasteiger partial charge >= 0.3 is 0 Å². The summed E-state index contributed by atoms with van der Waals surface area (Å²) in [5.41, 5.74) is 3.33. The van der Waals surface area contributed by atoms with E-state index < -0.39 is 6.10 Å². The van der Waals surface area contributed by atoms with E-state index in [0.29, 0.717) is 12.3 Å². The molecule has 2 N–H and O–H groups in total. The second kappa shape index (κ2) is 8.37. The van der Waals surface area contributed by atoms with Gasteiger partial charge in [0, 0.05) is 37.8 Å². The van der Waals surface area contributed by atoms with E-state index in [0.717, 1.165) is 24.0 Å². The van der Waals surface area contributed by atoms with Crippen molar-refractivity contribution >= 4 is 16.8 Å². The Kier molecular flexibility index (Phi) is 5.50. The van der Waals surface area contributed by atoms with Crippen LogP contribution in [0.1, 0.15) is 11.1 Å². The van der Waals surface area contributed by atoms with Crippen molar-refractivity contribution in [2.24, 2.45) is 0 Å². The Hall–Kier alpha value is -2.96. The predicted octanol–water partition coefficient (Wildman–Crippen LogP) is 2.11. The Labute approximate surface area is 163 Å². The van der Waals surface area contributed by atoms with Gasteiger partial charge in [0.05, 0.1) is 6.10 Å². The third-order valence-corrected chi connectivity index (χ3v) is 4.86. The lowest BCUT2D eigenvalue weighted by atomic mass is 10.1. The van der Waals surface area contributed by atoms with Gasteiger partial charge in [0.25, 0.3) is 5.91 Å². The van der Waals surface area contributed by atoms with Crippen molar-refractivity contribution in [1.29, 1.82) is 0 Å². The monoisotopic (exact) mass is 377 g/mol. The summed E-state index contributed by atoms with van der Waals surface area (Å²) in [4.78, 5) is 18.6. The van der Waals surface area contributed by atoms with Crippen LogP contribution in [0.3, 0.4) is 0 Å². The molecule has 0 aliphatic carbocycles. The molecule has 1 aliphatic heterocycles. The topological polar surface area (TPSA) is 74.7 Å². The third kappa shape index (κ3) is 4.30. The molecular formula is C22H23N3O3. The van der Waals surface area contributed by atoms with Gasteiger partial charge in [-0.05, 0) is 23.3 Å². The predicted molar refractivity (Wildman–Crippen MR) is 107 cm³/mol. The van der Waals surface area contributed by atoms with Crippen LogP contribution in [0.25, 0.3) is 10.9 Å². The Morgan fingerprint density at radius 3 is 2.64 bits per heavy atom. The number of nitrogens with zero attached hydrogens (tertiary/aromatic N) is 2. The minimum Gasteiger partial charge on any atom is -0.481 e. The quantitative estimate of drug-likeness (QED) is 0.660. The fourth-order valence-corrected chi connectivity index (χ4v) is 3.51. The maximum atomic E-state index is 12.1. The summed E-state index contributed by atoms with van der Waals surface area (Å²) >= 11 is 0. The van der Waals surface area contributed by atoms with Crippen LogP contribution in [-0.4, -0.2) is 46.7 Å². The number of benzene rings is 2. The SMILES string of the molecule is O=C(COc1cccc2cccnc12)NC[C@@H](O)CN1Cc2ccccc2C1. The van der Waals surface area contributed by atoms with E-state index in [-0.39, 0.29) is 19.1 Å². The minimum atomic E-state index is -0.627. The van der Waals surface area contributed by atoms with Gasteiger partial charge in [0.1, 0.15) is 11.3 Å². The summed E-state index contributed by atoms with van der Waals surface area (Å²) in [6, 6.07) is 17.7. The maximum Gasteiger partial charge on any atom is 0.258 e. The number of carbonyl (C=O) groups is 1. The summed E-state index contributed by atoms with van der Waals surface area (Å²) in [6.07, 6.45) is 1.07. The Morgan fingerprint density at radius 2 is 1.86 bits per heavy atom. The number of aromatic nitrogens is 1. The molecule has 0 saturated carbocycles. The molecule has 6 nitrogen and oxygen atoms in total. The van der Waals surface area contributed by atoms with Crippen LogP contribution >= 0.6 is 0 Å². The number of amides is 1. The van der Waals surface area contributed by atoms with Gasteiger partial charge < -0.3 is 15.2 Å². The highest BCUT2D eigenvalue weighted by Crippen LogP contribution is 2.23. The molecule has 0 saturated heterocycles. The number of fused-ring (bicyclic) bond motifs is 2. The van der Waals surface area contributed by atoms with Crippen LogP contribution in [0.2, 0.25) is 0 Å². The Balaban J connectivity index is 1.22.